The highest BCUT2D eigenvalue weighted by molar-refractivity contribution is 5.94. The van der Waals surface area contributed by atoms with Crippen molar-refractivity contribution in [1.82, 2.24) is 15.2 Å². The van der Waals surface area contributed by atoms with Crippen molar-refractivity contribution in [3.63, 3.8) is 0 Å². The molecule has 148 valence electrons. The lowest BCUT2D eigenvalue weighted by Crippen LogP contribution is -2.44. The van der Waals surface area contributed by atoms with Crippen molar-refractivity contribution < 1.29 is 9.18 Å². The molecule has 1 fully saturated rings. The Morgan fingerprint density at radius 2 is 1.72 bits per heavy atom. The van der Waals surface area contributed by atoms with Crippen molar-refractivity contribution in [2.24, 2.45) is 0 Å². The first-order valence-electron chi connectivity index (χ1n) is 9.95. The summed E-state index contributed by atoms with van der Waals surface area (Å²) in [4.78, 5) is 19.1. The number of hydrogen-bond donors (Lipinski definition) is 1. The summed E-state index contributed by atoms with van der Waals surface area (Å²) in [5, 5.41) is 3.15. The smallest absolute Gasteiger partial charge is 0.251 e. The summed E-state index contributed by atoms with van der Waals surface area (Å²) in [5.41, 5.74) is 3.59. The molecule has 0 spiro atoms. The second-order valence-electron chi connectivity index (χ2n) is 7.47. The number of amides is 1. The fourth-order valence-corrected chi connectivity index (χ4v) is 3.73. The Hall–Kier alpha value is -3.05. The monoisotopic (exact) mass is 389 g/mol. The van der Waals surface area contributed by atoms with E-state index in [1.165, 1.54) is 17.7 Å². The first kappa shape index (κ1) is 19.3. The Balaban J connectivity index is 1.30. The van der Waals surface area contributed by atoms with Gasteiger partial charge in [-0.3, -0.25) is 14.7 Å². The van der Waals surface area contributed by atoms with Crippen LogP contribution in [0.25, 0.3) is 11.1 Å². The lowest BCUT2D eigenvalue weighted by Gasteiger charge is -2.32. The van der Waals surface area contributed by atoms with Gasteiger partial charge in [-0.05, 0) is 65.9 Å². The van der Waals surface area contributed by atoms with Gasteiger partial charge in [-0.25, -0.2) is 4.39 Å². The fourth-order valence-electron chi connectivity index (χ4n) is 3.73. The van der Waals surface area contributed by atoms with E-state index in [2.05, 4.69) is 15.2 Å². The number of piperidine rings is 1. The lowest BCUT2D eigenvalue weighted by atomic mass is 10.0. The third-order valence-electron chi connectivity index (χ3n) is 5.38. The van der Waals surface area contributed by atoms with Crippen molar-refractivity contribution in [3.8, 4) is 11.1 Å². The Kier molecular flexibility index (Phi) is 5.96. The summed E-state index contributed by atoms with van der Waals surface area (Å²) in [6.07, 6.45) is 5.53. The number of nitrogens with zero attached hydrogens (tertiary/aromatic N) is 2. The molecule has 0 aliphatic carbocycles. The SMILES string of the molecule is O=C(NC1CCN(Cc2ccncc2)CC1)c1ccc(-c2cccc(F)c2)cc1. The summed E-state index contributed by atoms with van der Waals surface area (Å²) in [6.45, 7) is 2.85. The van der Waals surface area contributed by atoms with Crippen LogP contribution in [-0.4, -0.2) is 34.9 Å². The van der Waals surface area contributed by atoms with Crippen molar-refractivity contribution in [1.29, 1.82) is 0 Å². The van der Waals surface area contributed by atoms with E-state index >= 15 is 0 Å². The average Bonchev–Trinajstić information content (AvgIpc) is 2.76. The van der Waals surface area contributed by atoms with Gasteiger partial charge >= 0.3 is 0 Å². The van der Waals surface area contributed by atoms with E-state index in [-0.39, 0.29) is 17.8 Å². The van der Waals surface area contributed by atoms with Gasteiger partial charge in [0.1, 0.15) is 5.82 Å². The number of halogens is 1. The predicted octanol–water partition coefficient (Wildman–Crippen LogP) is 4.28. The fraction of sp³-hybridized carbons (Fsp3) is 0.250. The molecule has 1 aliphatic heterocycles. The van der Waals surface area contributed by atoms with Crippen LogP contribution >= 0.6 is 0 Å². The first-order chi connectivity index (χ1) is 14.2. The number of carbonyl (C=O) groups excluding carboxylic acids is 1. The minimum Gasteiger partial charge on any atom is -0.349 e. The van der Waals surface area contributed by atoms with Crippen molar-refractivity contribution in [2.75, 3.05) is 13.1 Å². The molecular weight excluding hydrogens is 365 g/mol. The minimum absolute atomic E-state index is 0.0524. The van der Waals surface area contributed by atoms with Crippen LogP contribution in [0, 0.1) is 5.82 Å². The van der Waals surface area contributed by atoms with Crippen LogP contribution in [0.5, 0.6) is 0 Å². The van der Waals surface area contributed by atoms with Crippen LogP contribution in [0.1, 0.15) is 28.8 Å². The predicted molar refractivity (Wildman–Crippen MR) is 112 cm³/mol. The maximum absolute atomic E-state index is 13.4. The van der Waals surface area contributed by atoms with Crippen LogP contribution in [0.4, 0.5) is 4.39 Å². The summed E-state index contributed by atoms with van der Waals surface area (Å²) in [7, 11) is 0. The third-order valence-corrected chi connectivity index (χ3v) is 5.38. The highest BCUT2D eigenvalue weighted by Crippen LogP contribution is 2.21. The number of nitrogens with one attached hydrogen (secondary N) is 1. The van der Waals surface area contributed by atoms with Gasteiger partial charge in [0.15, 0.2) is 0 Å². The quantitative estimate of drug-likeness (QED) is 0.708. The van der Waals surface area contributed by atoms with Crippen LogP contribution < -0.4 is 5.32 Å². The Labute approximate surface area is 170 Å². The number of pyridine rings is 1. The molecule has 29 heavy (non-hydrogen) atoms. The van der Waals surface area contributed by atoms with Crippen LogP contribution in [0.2, 0.25) is 0 Å². The van der Waals surface area contributed by atoms with Gasteiger partial charge in [-0.1, -0.05) is 24.3 Å². The maximum Gasteiger partial charge on any atom is 0.251 e. The number of benzene rings is 2. The van der Waals surface area contributed by atoms with Crippen LogP contribution in [-0.2, 0) is 6.54 Å². The highest BCUT2D eigenvalue weighted by atomic mass is 19.1. The Morgan fingerprint density at radius 3 is 2.41 bits per heavy atom. The van der Waals surface area contributed by atoms with Crippen molar-refractivity contribution in [3.05, 3.63) is 90.0 Å². The molecule has 1 amide bonds. The van der Waals surface area contributed by atoms with E-state index in [1.807, 2.05) is 42.7 Å². The van der Waals surface area contributed by atoms with Gasteiger partial charge in [0.2, 0.25) is 0 Å². The largest absolute Gasteiger partial charge is 0.349 e. The molecule has 4 rings (SSSR count). The third kappa shape index (κ3) is 5.06. The molecule has 1 saturated heterocycles. The minimum atomic E-state index is -0.264. The summed E-state index contributed by atoms with van der Waals surface area (Å²) in [5.74, 6) is -0.317. The Morgan fingerprint density at radius 1 is 1.00 bits per heavy atom. The molecule has 2 heterocycles. The molecule has 0 bridgehead atoms. The number of carbonyl (C=O) groups is 1. The molecule has 3 aromatic rings. The molecule has 4 nitrogen and oxygen atoms in total. The van der Waals surface area contributed by atoms with E-state index in [0.29, 0.717) is 5.56 Å². The molecule has 1 aromatic heterocycles. The number of likely N-dealkylation sites (tertiary alicyclic amines) is 1. The van der Waals surface area contributed by atoms with E-state index in [9.17, 15) is 9.18 Å². The van der Waals surface area contributed by atoms with E-state index in [1.54, 1.807) is 18.2 Å². The van der Waals surface area contributed by atoms with Crippen LogP contribution in [0.15, 0.2) is 73.1 Å². The second kappa shape index (κ2) is 8.97. The van der Waals surface area contributed by atoms with Gasteiger partial charge < -0.3 is 5.32 Å². The highest BCUT2D eigenvalue weighted by Gasteiger charge is 2.21. The first-order valence-corrected chi connectivity index (χ1v) is 9.95. The molecule has 2 aromatic carbocycles. The molecule has 0 unspecified atom stereocenters. The van der Waals surface area contributed by atoms with Gasteiger partial charge in [-0.15, -0.1) is 0 Å². The Bertz CT molecular complexity index is 951. The number of rotatable bonds is 5. The average molecular weight is 389 g/mol. The van der Waals surface area contributed by atoms with E-state index in [4.69, 9.17) is 0 Å². The number of hydrogen-bond acceptors (Lipinski definition) is 3. The molecule has 1 aliphatic rings. The molecule has 1 N–H and O–H groups in total. The van der Waals surface area contributed by atoms with Crippen molar-refractivity contribution >= 4 is 5.91 Å². The second-order valence-corrected chi connectivity index (χ2v) is 7.47. The van der Waals surface area contributed by atoms with Crippen LogP contribution in [0.3, 0.4) is 0 Å². The molecule has 0 atom stereocenters. The van der Waals surface area contributed by atoms with Gasteiger partial charge in [0.25, 0.3) is 5.91 Å². The zero-order chi connectivity index (χ0) is 20.1. The molecule has 0 radical (unpaired) electrons. The normalized spacial score (nSPS) is 15.2. The van der Waals surface area contributed by atoms with E-state index < -0.39 is 0 Å². The standard InChI is InChI=1S/C24H24FN3O/c25-22-3-1-2-21(16-22)19-4-6-20(7-5-19)24(29)27-23-10-14-28(15-11-23)17-18-8-12-26-13-9-18/h1-9,12-13,16,23H,10-11,14-15,17H2,(H,27,29). The van der Waals surface area contributed by atoms with Gasteiger partial charge in [-0.2, -0.15) is 0 Å². The summed E-state index contributed by atoms with van der Waals surface area (Å²) in [6, 6.07) is 18.1. The molecule has 0 saturated carbocycles. The zero-order valence-electron chi connectivity index (χ0n) is 16.2. The maximum atomic E-state index is 13.4. The van der Waals surface area contributed by atoms with Crippen molar-refractivity contribution in [2.45, 2.75) is 25.4 Å². The lowest BCUT2D eigenvalue weighted by molar-refractivity contribution is 0.0909. The van der Waals surface area contributed by atoms with E-state index in [0.717, 1.165) is 43.6 Å². The summed E-state index contributed by atoms with van der Waals surface area (Å²) >= 11 is 0. The number of aromatic nitrogens is 1. The zero-order valence-corrected chi connectivity index (χ0v) is 16.2. The molecule has 5 heteroatoms. The molecular formula is C24H24FN3O. The van der Waals surface area contributed by atoms with Gasteiger partial charge in [0, 0.05) is 43.6 Å². The van der Waals surface area contributed by atoms with Gasteiger partial charge in [0.05, 0.1) is 0 Å². The topological polar surface area (TPSA) is 45.2 Å². The summed E-state index contributed by atoms with van der Waals surface area (Å²) < 4.78 is 13.4.